The van der Waals surface area contributed by atoms with E-state index in [4.69, 9.17) is 0 Å². The third kappa shape index (κ3) is 3.64. The lowest BCUT2D eigenvalue weighted by Gasteiger charge is -2.20. The summed E-state index contributed by atoms with van der Waals surface area (Å²) in [7, 11) is 0. The molecular formula is C17H20N4O2. The number of nitrogens with one attached hydrogen (secondary N) is 1. The Morgan fingerprint density at radius 2 is 2.17 bits per heavy atom. The molecule has 0 fully saturated rings. The Morgan fingerprint density at radius 1 is 1.35 bits per heavy atom. The van der Waals surface area contributed by atoms with Gasteiger partial charge in [0.2, 0.25) is 5.91 Å². The molecule has 6 heteroatoms. The first-order chi connectivity index (χ1) is 11.1. The fourth-order valence-corrected chi connectivity index (χ4v) is 2.94. The molecule has 1 N–H and O–H groups in total. The highest BCUT2D eigenvalue weighted by Gasteiger charge is 2.21. The van der Waals surface area contributed by atoms with Crippen molar-refractivity contribution < 1.29 is 4.79 Å². The number of hydrogen-bond donors (Lipinski definition) is 1. The first-order valence-electron chi connectivity index (χ1n) is 7.89. The molecule has 0 atom stereocenters. The van der Waals surface area contributed by atoms with Crippen LogP contribution in [-0.4, -0.2) is 38.8 Å². The lowest BCUT2D eigenvalue weighted by atomic mass is 10.1. The zero-order chi connectivity index (χ0) is 16.2. The molecule has 0 saturated carbocycles. The minimum absolute atomic E-state index is 0.0721. The number of pyridine rings is 1. The van der Waals surface area contributed by atoms with Crippen LogP contribution in [0.25, 0.3) is 0 Å². The topological polar surface area (TPSA) is 79.0 Å². The van der Waals surface area contributed by atoms with Crippen LogP contribution in [0.3, 0.4) is 0 Å². The molecule has 0 bridgehead atoms. The summed E-state index contributed by atoms with van der Waals surface area (Å²) in [6.07, 6.45) is 5.87. The molecule has 120 valence electrons. The Kier molecular flexibility index (Phi) is 4.50. The summed E-state index contributed by atoms with van der Waals surface area (Å²) < 4.78 is 0. The second-order valence-electron chi connectivity index (χ2n) is 5.82. The van der Waals surface area contributed by atoms with Gasteiger partial charge >= 0.3 is 0 Å². The summed E-state index contributed by atoms with van der Waals surface area (Å²) in [4.78, 5) is 37.5. The van der Waals surface area contributed by atoms with Crippen molar-refractivity contribution in [3.05, 3.63) is 57.5 Å². The number of rotatable bonds is 3. The number of carbonyl (C=O) groups excluding carboxylic acids is 1. The van der Waals surface area contributed by atoms with Gasteiger partial charge in [-0.05, 0) is 31.4 Å². The van der Waals surface area contributed by atoms with E-state index in [0.717, 1.165) is 16.8 Å². The van der Waals surface area contributed by atoms with E-state index in [0.29, 0.717) is 44.6 Å². The van der Waals surface area contributed by atoms with Crippen LogP contribution >= 0.6 is 0 Å². The Labute approximate surface area is 134 Å². The molecular weight excluding hydrogens is 292 g/mol. The highest BCUT2D eigenvalue weighted by molar-refractivity contribution is 5.76. The predicted octanol–water partition coefficient (Wildman–Crippen LogP) is 1.03. The Hall–Kier alpha value is -2.50. The number of aromatic nitrogens is 3. The fourth-order valence-electron chi connectivity index (χ4n) is 2.94. The summed E-state index contributed by atoms with van der Waals surface area (Å²) in [5.74, 6) is 0.750. The lowest BCUT2D eigenvalue weighted by Crippen LogP contribution is -2.33. The van der Waals surface area contributed by atoms with E-state index < -0.39 is 0 Å². The SMILES string of the molecule is Cc1nc2c(c(=O)[nH]1)CCN(C(=O)CCc1cccnc1)CC2. The smallest absolute Gasteiger partial charge is 0.254 e. The monoisotopic (exact) mass is 312 g/mol. The van der Waals surface area contributed by atoms with Crippen molar-refractivity contribution in [2.24, 2.45) is 0 Å². The van der Waals surface area contributed by atoms with Crippen LogP contribution in [0, 0.1) is 6.92 Å². The van der Waals surface area contributed by atoms with Crippen molar-refractivity contribution in [1.29, 1.82) is 0 Å². The summed E-state index contributed by atoms with van der Waals surface area (Å²) >= 11 is 0. The van der Waals surface area contributed by atoms with Crippen LogP contribution in [0.2, 0.25) is 0 Å². The first kappa shape index (κ1) is 15.4. The van der Waals surface area contributed by atoms with E-state index in [1.54, 1.807) is 19.3 Å². The number of H-pyrrole nitrogens is 1. The standard InChI is InChI=1S/C17H20N4O2/c1-12-19-15-7-10-21(9-6-14(15)17(23)20-12)16(22)5-4-13-3-2-8-18-11-13/h2-3,8,11H,4-7,9-10H2,1H3,(H,19,20,23). The number of fused-ring (bicyclic) bond motifs is 1. The highest BCUT2D eigenvalue weighted by atomic mass is 16.2. The molecule has 3 rings (SSSR count). The van der Waals surface area contributed by atoms with E-state index in [9.17, 15) is 9.59 Å². The van der Waals surface area contributed by atoms with E-state index in [2.05, 4.69) is 15.0 Å². The van der Waals surface area contributed by atoms with Crippen LogP contribution in [0.5, 0.6) is 0 Å². The largest absolute Gasteiger partial charge is 0.342 e. The van der Waals surface area contributed by atoms with Gasteiger partial charge in [-0.3, -0.25) is 14.6 Å². The predicted molar refractivity (Wildman–Crippen MR) is 86.1 cm³/mol. The van der Waals surface area contributed by atoms with Gasteiger partial charge in [0, 0.05) is 43.9 Å². The summed E-state index contributed by atoms with van der Waals surface area (Å²) in [5, 5.41) is 0. The number of aromatic amines is 1. The number of aryl methyl sites for hydroxylation is 2. The molecule has 2 aromatic heterocycles. The van der Waals surface area contributed by atoms with E-state index in [1.807, 2.05) is 17.0 Å². The van der Waals surface area contributed by atoms with Crippen LogP contribution in [0.1, 0.15) is 29.1 Å². The van der Waals surface area contributed by atoms with Crippen molar-refractivity contribution in [2.45, 2.75) is 32.6 Å². The van der Waals surface area contributed by atoms with Crippen LogP contribution in [0.15, 0.2) is 29.3 Å². The maximum absolute atomic E-state index is 12.4. The van der Waals surface area contributed by atoms with Crippen LogP contribution in [0.4, 0.5) is 0 Å². The minimum Gasteiger partial charge on any atom is -0.342 e. The molecule has 3 heterocycles. The van der Waals surface area contributed by atoms with Gasteiger partial charge in [-0.2, -0.15) is 0 Å². The van der Waals surface area contributed by atoms with Crippen molar-refractivity contribution in [2.75, 3.05) is 13.1 Å². The van der Waals surface area contributed by atoms with Gasteiger partial charge in [-0.15, -0.1) is 0 Å². The minimum atomic E-state index is -0.0721. The average Bonchev–Trinajstić information content (AvgIpc) is 2.76. The van der Waals surface area contributed by atoms with Gasteiger partial charge in [-0.1, -0.05) is 6.07 Å². The lowest BCUT2D eigenvalue weighted by molar-refractivity contribution is -0.131. The quantitative estimate of drug-likeness (QED) is 0.918. The number of nitrogens with zero attached hydrogens (tertiary/aromatic N) is 3. The second-order valence-corrected chi connectivity index (χ2v) is 5.82. The number of amides is 1. The summed E-state index contributed by atoms with van der Waals surface area (Å²) in [6.45, 7) is 2.98. The molecule has 0 saturated heterocycles. The van der Waals surface area contributed by atoms with Crippen molar-refractivity contribution in [3.8, 4) is 0 Å². The van der Waals surface area contributed by atoms with E-state index in [1.165, 1.54) is 0 Å². The molecule has 1 aliphatic heterocycles. The summed E-state index contributed by atoms with van der Waals surface area (Å²) in [6, 6.07) is 3.85. The number of carbonyl (C=O) groups is 1. The molecule has 0 aromatic carbocycles. The molecule has 2 aromatic rings. The van der Waals surface area contributed by atoms with Gasteiger partial charge in [0.1, 0.15) is 5.82 Å². The number of hydrogen-bond acceptors (Lipinski definition) is 4. The Morgan fingerprint density at radius 3 is 2.96 bits per heavy atom. The highest BCUT2D eigenvalue weighted by Crippen LogP contribution is 2.12. The molecule has 6 nitrogen and oxygen atoms in total. The normalized spacial score (nSPS) is 14.2. The average molecular weight is 312 g/mol. The maximum atomic E-state index is 12.4. The van der Waals surface area contributed by atoms with Gasteiger partial charge in [0.05, 0.1) is 5.69 Å². The Bertz CT molecular complexity index is 755. The van der Waals surface area contributed by atoms with Crippen LogP contribution in [-0.2, 0) is 24.1 Å². The third-order valence-electron chi connectivity index (χ3n) is 4.17. The summed E-state index contributed by atoms with van der Waals surface area (Å²) in [5.41, 5.74) is 2.54. The second kappa shape index (κ2) is 6.73. The van der Waals surface area contributed by atoms with Gasteiger partial charge in [0.25, 0.3) is 5.56 Å². The molecule has 1 amide bonds. The molecule has 0 spiro atoms. The van der Waals surface area contributed by atoms with Crippen LogP contribution < -0.4 is 5.56 Å². The van der Waals surface area contributed by atoms with Crippen molar-refractivity contribution in [3.63, 3.8) is 0 Å². The van der Waals surface area contributed by atoms with Crippen molar-refractivity contribution >= 4 is 5.91 Å². The van der Waals surface area contributed by atoms with E-state index >= 15 is 0 Å². The Balaban J connectivity index is 1.64. The molecule has 0 radical (unpaired) electrons. The zero-order valence-electron chi connectivity index (χ0n) is 13.2. The molecule has 23 heavy (non-hydrogen) atoms. The van der Waals surface area contributed by atoms with Crippen molar-refractivity contribution in [1.82, 2.24) is 19.9 Å². The first-order valence-corrected chi connectivity index (χ1v) is 7.89. The van der Waals surface area contributed by atoms with Gasteiger partial charge < -0.3 is 9.88 Å². The maximum Gasteiger partial charge on any atom is 0.254 e. The third-order valence-corrected chi connectivity index (χ3v) is 4.17. The molecule has 1 aliphatic rings. The fraction of sp³-hybridized carbons (Fsp3) is 0.412. The molecule has 0 unspecified atom stereocenters. The van der Waals surface area contributed by atoms with E-state index in [-0.39, 0.29) is 11.5 Å². The zero-order valence-corrected chi connectivity index (χ0v) is 13.2. The van der Waals surface area contributed by atoms with Gasteiger partial charge in [-0.25, -0.2) is 4.98 Å². The molecule has 0 aliphatic carbocycles. The van der Waals surface area contributed by atoms with Gasteiger partial charge in [0.15, 0.2) is 0 Å².